The lowest BCUT2D eigenvalue weighted by molar-refractivity contribution is 0.0552. The molecule has 34 heavy (non-hydrogen) atoms. The van der Waals surface area contributed by atoms with Crippen LogP contribution in [0.1, 0.15) is 30.0 Å². The molecule has 0 bridgehead atoms. The smallest absolute Gasteiger partial charge is 0.144 e. The molecule has 7 heteroatoms. The third kappa shape index (κ3) is 3.49. The summed E-state index contributed by atoms with van der Waals surface area (Å²) in [7, 11) is 1.97. The number of pyridine rings is 2. The number of aryl methyl sites for hydroxylation is 2. The van der Waals surface area contributed by atoms with Crippen LogP contribution in [-0.4, -0.2) is 37.5 Å². The van der Waals surface area contributed by atoms with Gasteiger partial charge in [-0.15, -0.1) is 0 Å². The molecule has 0 radical (unpaired) electrons. The molecule has 5 heterocycles. The molecule has 1 saturated heterocycles. The van der Waals surface area contributed by atoms with Crippen LogP contribution in [0.2, 0.25) is 5.15 Å². The zero-order chi connectivity index (χ0) is 23.2. The van der Waals surface area contributed by atoms with Crippen LogP contribution in [0.3, 0.4) is 0 Å². The number of hydrogen-bond acceptors (Lipinski definition) is 4. The molecule has 1 aliphatic rings. The quantitative estimate of drug-likeness (QED) is 0.303. The van der Waals surface area contributed by atoms with Crippen LogP contribution in [0.4, 0.5) is 0 Å². The number of rotatable bonds is 4. The molecule has 0 amide bonds. The van der Waals surface area contributed by atoms with Gasteiger partial charge in [0, 0.05) is 37.4 Å². The Kier molecular flexibility index (Phi) is 5.35. The zero-order valence-corrected chi connectivity index (χ0v) is 20.0. The molecule has 172 valence electrons. The number of benzene rings is 1. The Morgan fingerprint density at radius 3 is 2.59 bits per heavy atom. The van der Waals surface area contributed by atoms with E-state index in [-0.39, 0.29) is 6.04 Å². The van der Waals surface area contributed by atoms with Gasteiger partial charge in [0.25, 0.3) is 0 Å². The first-order valence-electron chi connectivity index (χ1n) is 11.7. The lowest BCUT2D eigenvalue weighted by atomic mass is 9.86. The van der Waals surface area contributed by atoms with Crippen molar-refractivity contribution in [2.45, 2.75) is 25.8 Å². The highest BCUT2D eigenvalue weighted by atomic mass is 35.5. The van der Waals surface area contributed by atoms with Gasteiger partial charge in [0.15, 0.2) is 0 Å². The molecule has 1 aliphatic heterocycles. The molecule has 1 fully saturated rings. The van der Waals surface area contributed by atoms with Crippen molar-refractivity contribution in [1.82, 2.24) is 24.3 Å². The van der Waals surface area contributed by atoms with Gasteiger partial charge in [-0.25, -0.2) is 4.98 Å². The summed E-state index contributed by atoms with van der Waals surface area (Å²) in [6, 6.07) is 16.9. The maximum absolute atomic E-state index is 6.43. The van der Waals surface area contributed by atoms with Gasteiger partial charge in [0.1, 0.15) is 10.8 Å². The van der Waals surface area contributed by atoms with Crippen molar-refractivity contribution in [3.8, 4) is 11.3 Å². The van der Waals surface area contributed by atoms with Gasteiger partial charge < -0.3 is 9.30 Å². The Morgan fingerprint density at radius 2 is 1.85 bits per heavy atom. The first kappa shape index (κ1) is 21.3. The van der Waals surface area contributed by atoms with Gasteiger partial charge in [0.05, 0.1) is 29.0 Å². The second-order valence-corrected chi connectivity index (χ2v) is 9.46. The van der Waals surface area contributed by atoms with Crippen molar-refractivity contribution >= 4 is 33.7 Å². The molecule has 0 aliphatic carbocycles. The van der Waals surface area contributed by atoms with Crippen molar-refractivity contribution in [2.24, 2.45) is 13.0 Å². The zero-order valence-electron chi connectivity index (χ0n) is 19.3. The predicted octanol–water partition coefficient (Wildman–Crippen LogP) is 5.96. The predicted molar refractivity (Wildman–Crippen MR) is 135 cm³/mol. The Bertz CT molecular complexity index is 1460. The number of hydrogen-bond donors (Lipinski definition) is 0. The van der Waals surface area contributed by atoms with E-state index in [2.05, 4.69) is 53.0 Å². The second-order valence-electron chi connectivity index (χ2n) is 9.07. The molecular formula is C27H26ClN5O. The number of ether oxygens (including phenoxy) is 1. The number of fused-ring (bicyclic) bond motifs is 3. The van der Waals surface area contributed by atoms with Gasteiger partial charge in [-0.3, -0.25) is 9.67 Å². The summed E-state index contributed by atoms with van der Waals surface area (Å²) in [6.07, 6.45) is 5.83. The molecule has 6 rings (SSSR count). The number of aromatic nitrogens is 5. The molecule has 0 spiro atoms. The van der Waals surface area contributed by atoms with Crippen LogP contribution in [0, 0.1) is 12.8 Å². The van der Waals surface area contributed by atoms with Gasteiger partial charge in [0.2, 0.25) is 0 Å². The SMILES string of the molecule is Cc1cnn(C)c1-c1cnc2c3ccc(Cl)nc3n([C@@H](c3ccccc3)C3CCOCC3)c2c1. The molecule has 0 N–H and O–H groups in total. The fourth-order valence-corrected chi connectivity index (χ4v) is 5.58. The molecule has 0 unspecified atom stereocenters. The summed E-state index contributed by atoms with van der Waals surface area (Å²) < 4.78 is 10.00. The lowest BCUT2D eigenvalue weighted by Crippen LogP contribution is -2.27. The largest absolute Gasteiger partial charge is 0.381 e. The van der Waals surface area contributed by atoms with Gasteiger partial charge in [-0.2, -0.15) is 5.10 Å². The van der Waals surface area contributed by atoms with Gasteiger partial charge >= 0.3 is 0 Å². The van der Waals surface area contributed by atoms with E-state index in [1.807, 2.05) is 36.3 Å². The molecule has 1 atom stereocenters. The maximum Gasteiger partial charge on any atom is 0.144 e. The fourth-order valence-electron chi connectivity index (χ4n) is 5.44. The molecule has 6 nitrogen and oxygen atoms in total. The van der Waals surface area contributed by atoms with Crippen molar-refractivity contribution in [1.29, 1.82) is 0 Å². The first-order chi connectivity index (χ1) is 16.6. The highest BCUT2D eigenvalue weighted by Gasteiger charge is 2.30. The molecular weight excluding hydrogens is 446 g/mol. The van der Waals surface area contributed by atoms with E-state index in [1.165, 1.54) is 5.56 Å². The Hall–Kier alpha value is -3.22. The van der Waals surface area contributed by atoms with Crippen molar-refractivity contribution in [3.05, 3.63) is 77.2 Å². The Balaban J connectivity index is 1.67. The van der Waals surface area contributed by atoms with Crippen LogP contribution in [0.25, 0.3) is 33.3 Å². The van der Waals surface area contributed by atoms with Crippen LogP contribution < -0.4 is 0 Å². The van der Waals surface area contributed by atoms with Crippen LogP contribution in [-0.2, 0) is 11.8 Å². The van der Waals surface area contributed by atoms with E-state index in [1.54, 1.807) is 0 Å². The number of nitrogens with zero attached hydrogens (tertiary/aromatic N) is 5. The average Bonchev–Trinajstić information content (AvgIpc) is 3.36. The van der Waals surface area contributed by atoms with E-state index < -0.39 is 0 Å². The molecule has 1 aromatic carbocycles. The number of halogens is 1. The van der Waals surface area contributed by atoms with Crippen LogP contribution in [0.15, 0.2) is 60.9 Å². The normalized spacial score (nSPS) is 15.9. The van der Waals surface area contributed by atoms with Gasteiger partial charge in [-0.1, -0.05) is 41.9 Å². The van der Waals surface area contributed by atoms with E-state index in [0.717, 1.165) is 64.9 Å². The van der Waals surface area contributed by atoms with Crippen molar-refractivity contribution < 1.29 is 4.74 Å². The average molecular weight is 472 g/mol. The Morgan fingerprint density at radius 1 is 1.06 bits per heavy atom. The van der Waals surface area contributed by atoms with E-state index in [0.29, 0.717) is 11.1 Å². The maximum atomic E-state index is 6.43. The highest BCUT2D eigenvalue weighted by Crippen LogP contribution is 2.41. The van der Waals surface area contributed by atoms with Gasteiger partial charge in [-0.05, 0) is 55.0 Å². The topological polar surface area (TPSA) is 57.8 Å². The van der Waals surface area contributed by atoms with Crippen LogP contribution >= 0.6 is 11.6 Å². The third-order valence-corrected chi connectivity index (χ3v) is 7.19. The molecule has 5 aromatic rings. The minimum Gasteiger partial charge on any atom is -0.381 e. The van der Waals surface area contributed by atoms with E-state index in [4.69, 9.17) is 26.3 Å². The third-order valence-electron chi connectivity index (χ3n) is 6.98. The first-order valence-corrected chi connectivity index (χ1v) is 12.1. The minimum absolute atomic E-state index is 0.0979. The monoisotopic (exact) mass is 471 g/mol. The van der Waals surface area contributed by atoms with E-state index in [9.17, 15) is 0 Å². The Labute approximate surface area is 203 Å². The standard InChI is InChI=1S/C27H26ClN5O/c1-17-15-30-32(2)25(17)20-14-22-24(29-16-20)21-8-9-23(28)31-27(21)33(22)26(18-6-4-3-5-7-18)19-10-12-34-13-11-19/h3-9,14-16,19,26H,10-13H2,1-2H3/t26-/m0/s1. The summed E-state index contributed by atoms with van der Waals surface area (Å²) >= 11 is 6.43. The molecule has 0 saturated carbocycles. The van der Waals surface area contributed by atoms with Crippen LogP contribution in [0.5, 0.6) is 0 Å². The summed E-state index contributed by atoms with van der Waals surface area (Å²) in [6.45, 7) is 3.63. The minimum atomic E-state index is 0.0979. The summed E-state index contributed by atoms with van der Waals surface area (Å²) in [5.74, 6) is 0.415. The molecule has 4 aromatic heterocycles. The highest BCUT2D eigenvalue weighted by molar-refractivity contribution is 6.30. The summed E-state index contributed by atoms with van der Waals surface area (Å²) in [5, 5.41) is 5.94. The lowest BCUT2D eigenvalue weighted by Gasteiger charge is -2.32. The summed E-state index contributed by atoms with van der Waals surface area (Å²) in [5.41, 5.74) is 7.36. The fraction of sp³-hybridized carbons (Fsp3) is 0.296. The second kappa shape index (κ2) is 8.53. The van der Waals surface area contributed by atoms with E-state index >= 15 is 0 Å². The van der Waals surface area contributed by atoms with Crippen molar-refractivity contribution in [2.75, 3.05) is 13.2 Å². The van der Waals surface area contributed by atoms with Crippen molar-refractivity contribution in [3.63, 3.8) is 0 Å². The summed E-state index contributed by atoms with van der Waals surface area (Å²) in [4.78, 5) is 9.77.